The van der Waals surface area contributed by atoms with Crippen LogP contribution in [0.5, 0.6) is 5.75 Å². The van der Waals surface area contributed by atoms with Crippen LogP contribution in [-0.4, -0.2) is 70.6 Å². The van der Waals surface area contributed by atoms with Crippen molar-refractivity contribution in [3.05, 3.63) is 24.3 Å². The van der Waals surface area contributed by atoms with Gasteiger partial charge in [0, 0.05) is 19.2 Å². The van der Waals surface area contributed by atoms with Crippen LogP contribution in [0.3, 0.4) is 0 Å². The number of ether oxygens (including phenoxy) is 2. The van der Waals surface area contributed by atoms with Gasteiger partial charge in [0.2, 0.25) is 21.8 Å². The van der Waals surface area contributed by atoms with Crippen molar-refractivity contribution in [2.75, 3.05) is 33.4 Å². The molecule has 32 heavy (non-hydrogen) atoms. The number of carbonyl (C=O) groups is 2. The number of hydrogen-bond acceptors (Lipinski definition) is 6. The van der Waals surface area contributed by atoms with Gasteiger partial charge < -0.3 is 19.7 Å². The van der Waals surface area contributed by atoms with E-state index in [2.05, 4.69) is 10.0 Å². The van der Waals surface area contributed by atoms with Crippen LogP contribution in [0.1, 0.15) is 44.9 Å². The first-order valence-electron chi connectivity index (χ1n) is 11.2. The molecule has 2 aliphatic rings. The molecule has 2 N–H and O–H groups in total. The highest BCUT2D eigenvalue weighted by molar-refractivity contribution is 7.89. The Hall–Kier alpha value is -2.17. The van der Waals surface area contributed by atoms with Crippen LogP contribution in [0.25, 0.3) is 0 Å². The molecule has 3 rings (SSSR count). The van der Waals surface area contributed by atoms with E-state index < -0.39 is 22.5 Å². The highest BCUT2D eigenvalue weighted by Gasteiger charge is 2.26. The summed E-state index contributed by atoms with van der Waals surface area (Å²) in [7, 11) is -2.38. The minimum absolute atomic E-state index is 0.0341. The molecule has 1 heterocycles. The van der Waals surface area contributed by atoms with Crippen molar-refractivity contribution in [3.8, 4) is 5.75 Å². The lowest BCUT2D eigenvalue weighted by molar-refractivity contribution is -0.136. The van der Waals surface area contributed by atoms with Gasteiger partial charge >= 0.3 is 0 Å². The van der Waals surface area contributed by atoms with Crippen LogP contribution in [-0.2, 0) is 24.3 Å². The van der Waals surface area contributed by atoms with Gasteiger partial charge in [-0.2, -0.15) is 0 Å². The molecule has 9 nitrogen and oxygen atoms in total. The molecule has 1 saturated heterocycles. The number of benzene rings is 1. The summed E-state index contributed by atoms with van der Waals surface area (Å²) in [4.78, 5) is 26.9. The quantitative estimate of drug-likeness (QED) is 0.538. The topological polar surface area (TPSA) is 114 Å². The van der Waals surface area contributed by atoms with E-state index in [1.807, 2.05) is 0 Å². The Kier molecular flexibility index (Phi) is 8.89. The molecule has 1 aliphatic heterocycles. The van der Waals surface area contributed by atoms with Crippen molar-refractivity contribution in [2.24, 2.45) is 0 Å². The van der Waals surface area contributed by atoms with Gasteiger partial charge in [-0.15, -0.1) is 0 Å². The van der Waals surface area contributed by atoms with Gasteiger partial charge in [0.25, 0.3) is 0 Å². The number of hydrogen-bond donors (Lipinski definition) is 2. The van der Waals surface area contributed by atoms with Gasteiger partial charge in [0.1, 0.15) is 5.75 Å². The second-order valence-electron chi connectivity index (χ2n) is 8.31. The maximum absolute atomic E-state index is 12.9. The summed E-state index contributed by atoms with van der Waals surface area (Å²) < 4.78 is 38.1. The van der Waals surface area contributed by atoms with E-state index in [4.69, 9.17) is 9.47 Å². The Morgan fingerprint density at radius 3 is 2.44 bits per heavy atom. The lowest BCUT2D eigenvalue weighted by Gasteiger charge is -2.27. The number of carbonyl (C=O) groups excluding carboxylic acids is 2. The monoisotopic (exact) mass is 467 g/mol. The molecule has 0 bridgehead atoms. The van der Waals surface area contributed by atoms with Crippen molar-refractivity contribution in [2.45, 2.75) is 62.0 Å². The van der Waals surface area contributed by atoms with Crippen molar-refractivity contribution in [1.29, 1.82) is 0 Å². The Bertz CT molecular complexity index is 862. The van der Waals surface area contributed by atoms with Crippen molar-refractivity contribution in [3.63, 3.8) is 0 Å². The van der Waals surface area contributed by atoms with E-state index in [9.17, 15) is 18.0 Å². The van der Waals surface area contributed by atoms with E-state index in [1.165, 1.54) is 42.7 Å². The highest BCUT2D eigenvalue weighted by Crippen LogP contribution is 2.18. The summed E-state index contributed by atoms with van der Waals surface area (Å²) in [5, 5.41) is 3.01. The normalized spacial score (nSPS) is 19.5. The molecule has 1 aromatic rings. The van der Waals surface area contributed by atoms with Crippen LogP contribution in [0.15, 0.2) is 29.2 Å². The predicted octanol–water partition coefficient (Wildman–Crippen LogP) is 1.43. The summed E-state index contributed by atoms with van der Waals surface area (Å²) in [5.74, 6) is -0.149. The molecular formula is C22H33N3O6S. The molecule has 0 spiro atoms. The summed E-state index contributed by atoms with van der Waals surface area (Å²) in [6.45, 7) is 0.351. The smallest absolute Gasteiger partial charge is 0.241 e. The molecule has 0 radical (unpaired) electrons. The molecule has 178 valence electrons. The first kappa shape index (κ1) is 24.5. The minimum atomic E-state index is -3.88. The van der Waals surface area contributed by atoms with Gasteiger partial charge in [0.15, 0.2) is 0 Å². The Balaban J connectivity index is 1.59. The van der Waals surface area contributed by atoms with E-state index in [-0.39, 0.29) is 36.0 Å². The highest BCUT2D eigenvalue weighted by atomic mass is 32.2. The van der Waals surface area contributed by atoms with Gasteiger partial charge in [-0.05, 0) is 49.9 Å². The number of methoxy groups -OCH3 is 1. The van der Waals surface area contributed by atoms with Crippen molar-refractivity contribution >= 4 is 21.8 Å². The van der Waals surface area contributed by atoms with Crippen LogP contribution >= 0.6 is 0 Å². The van der Waals surface area contributed by atoms with Crippen molar-refractivity contribution in [1.82, 2.24) is 14.9 Å². The molecule has 10 heteroatoms. The maximum Gasteiger partial charge on any atom is 0.241 e. The van der Waals surface area contributed by atoms with Gasteiger partial charge in [-0.1, -0.05) is 19.3 Å². The summed E-state index contributed by atoms with van der Waals surface area (Å²) in [5.41, 5.74) is 0. The fourth-order valence-corrected chi connectivity index (χ4v) is 5.06. The first-order chi connectivity index (χ1) is 15.4. The molecule has 2 fully saturated rings. The second kappa shape index (κ2) is 11.6. The lowest BCUT2D eigenvalue weighted by Crippen LogP contribution is -2.49. The number of rotatable bonds is 10. The molecule has 1 saturated carbocycles. The number of nitrogens with zero attached hydrogens (tertiary/aromatic N) is 1. The molecule has 1 unspecified atom stereocenters. The van der Waals surface area contributed by atoms with Gasteiger partial charge in [0.05, 0.1) is 31.2 Å². The molecule has 1 aromatic carbocycles. The Morgan fingerprint density at radius 2 is 1.81 bits per heavy atom. The fraction of sp³-hybridized carbons (Fsp3) is 0.636. The van der Waals surface area contributed by atoms with E-state index in [0.29, 0.717) is 12.4 Å². The average Bonchev–Trinajstić information content (AvgIpc) is 3.31. The third-order valence-electron chi connectivity index (χ3n) is 5.89. The zero-order chi connectivity index (χ0) is 23.0. The zero-order valence-electron chi connectivity index (χ0n) is 18.5. The predicted molar refractivity (Wildman–Crippen MR) is 119 cm³/mol. The Morgan fingerprint density at radius 1 is 1.09 bits per heavy atom. The summed E-state index contributed by atoms with van der Waals surface area (Å²) >= 11 is 0. The Labute approximate surface area is 189 Å². The molecule has 1 aliphatic carbocycles. The fourth-order valence-electron chi connectivity index (χ4n) is 4.09. The van der Waals surface area contributed by atoms with E-state index >= 15 is 0 Å². The maximum atomic E-state index is 12.9. The zero-order valence-corrected chi connectivity index (χ0v) is 19.4. The van der Waals surface area contributed by atoms with Crippen LogP contribution < -0.4 is 14.8 Å². The van der Waals surface area contributed by atoms with Crippen LogP contribution in [0.4, 0.5) is 0 Å². The lowest BCUT2D eigenvalue weighted by atomic mass is 9.95. The van der Waals surface area contributed by atoms with Crippen LogP contribution in [0, 0.1) is 0 Å². The molecule has 2 amide bonds. The summed E-state index contributed by atoms with van der Waals surface area (Å²) in [6, 6.07) is 6.04. The number of amides is 2. The molecule has 1 atom stereocenters. The van der Waals surface area contributed by atoms with Gasteiger partial charge in [-0.25, -0.2) is 13.1 Å². The van der Waals surface area contributed by atoms with Crippen molar-refractivity contribution < 1.29 is 27.5 Å². The standard InChI is InChI=1S/C22H33N3O6S/c1-30-18-9-11-20(12-10-18)32(28,29)23-14-22(27)25(15-19-8-5-13-31-19)16-21(26)24-17-6-3-2-4-7-17/h9-12,17,19,23H,2-8,13-16H2,1H3,(H,24,26). The van der Waals surface area contributed by atoms with Gasteiger partial charge in [-0.3, -0.25) is 9.59 Å². The first-order valence-corrected chi connectivity index (χ1v) is 12.7. The second-order valence-corrected chi connectivity index (χ2v) is 10.1. The van der Waals surface area contributed by atoms with Crippen LogP contribution in [0.2, 0.25) is 0 Å². The SMILES string of the molecule is COc1ccc(S(=O)(=O)NCC(=O)N(CC(=O)NC2CCCCC2)CC2CCCO2)cc1. The molecular weight excluding hydrogens is 434 g/mol. The molecule has 0 aromatic heterocycles. The van der Waals surface area contributed by atoms with E-state index in [1.54, 1.807) is 0 Å². The number of nitrogens with one attached hydrogen (secondary N) is 2. The van der Waals surface area contributed by atoms with E-state index in [0.717, 1.165) is 38.5 Å². The largest absolute Gasteiger partial charge is 0.497 e. The third kappa shape index (κ3) is 7.18. The average molecular weight is 468 g/mol. The third-order valence-corrected chi connectivity index (χ3v) is 7.31. The number of sulfonamides is 1. The summed E-state index contributed by atoms with van der Waals surface area (Å²) in [6.07, 6.45) is 6.86. The minimum Gasteiger partial charge on any atom is -0.497 e.